The molecule has 4 saturated carbocycles. The van der Waals surface area contributed by atoms with Crippen LogP contribution in [0.15, 0.2) is 0 Å². The number of halogens is 6. The van der Waals surface area contributed by atoms with E-state index in [1.54, 1.807) is 0 Å². The number of ether oxygens (including phenoxy) is 1. The van der Waals surface area contributed by atoms with Crippen LogP contribution in [0, 0.1) is 47.3 Å². The Balaban J connectivity index is 1.64. The van der Waals surface area contributed by atoms with Gasteiger partial charge in [-0.15, -0.1) is 0 Å². The van der Waals surface area contributed by atoms with E-state index in [1.165, 1.54) is 0 Å². The highest BCUT2D eigenvalue weighted by Gasteiger charge is 2.93. The van der Waals surface area contributed by atoms with Crippen LogP contribution in [0.4, 0.5) is 26.3 Å². The smallest absolute Gasteiger partial charge is 0.348 e. The van der Waals surface area contributed by atoms with E-state index >= 15 is 0 Å². The maximum absolute atomic E-state index is 14.4. The second-order valence-electron chi connectivity index (χ2n) is 9.45. The Morgan fingerprint density at radius 2 is 0.840 bits per heavy atom. The van der Waals surface area contributed by atoms with Crippen molar-refractivity contribution in [3.8, 4) is 0 Å². The molecule has 6 unspecified atom stereocenters. The molecule has 6 fully saturated rings. The van der Waals surface area contributed by atoms with Gasteiger partial charge in [-0.1, -0.05) is 0 Å². The van der Waals surface area contributed by atoms with Crippen molar-refractivity contribution in [2.45, 2.75) is 62.1 Å². The Morgan fingerprint density at radius 3 is 1.08 bits per heavy atom. The van der Waals surface area contributed by atoms with Crippen LogP contribution in [-0.4, -0.2) is 23.6 Å². The predicted octanol–water partition coefficient (Wildman–Crippen LogP) is 4.96. The molecule has 2 saturated heterocycles. The van der Waals surface area contributed by atoms with Gasteiger partial charge in [0.15, 0.2) is 11.2 Å². The van der Waals surface area contributed by atoms with E-state index in [1.807, 2.05) is 0 Å². The summed E-state index contributed by atoms with van der Waals surface area (Å²) in [7, 11) is 0. The van der Waals surface area contributed by atoms with E-state index in [2.05, 4.69) is 0 Å². The number of hydrogen-bond acceptors (Lipinski definition) is 1. The molecular formula is C18H20F6O. The van der Waals surface area contributed by atoms with Gasteiger partial charge in [-0.05, 0) is 62.2 Å². The zero-order valence-electron chi connectivity index (χ0n) is 13.5. The van der Waals surface area contributed by atoms with Crippen LogP contribution in [0.5, 0.6) is 0 Å². The highest BCUT2D eigenvalue weighted by Crippen LogP contribution is 2.83. The Labute approximate surface area is 141 Å². The molecular weight excluding hydrogens is 346 g/mol. The quantitative estimate of drug-likeness (QED) is 0.551. The third-order valence-electron chi connectivity index (χ3n) is 9.04. The molecule has 140 valence electrons. The molecule has 0 aromatic heterocycles. The van der Waals surface area contributed by atoms with Crippen LogP contribution < -0.4 is 0 Å². The minimum absolute atomic E-state index is 0.249. The molecule has 0 aromatic rings. The summed E-state index contributed by atoms with van der Waals surface area (Å²) in [6.07, 6.45) is -5.86. The molecule has 1 nitrogen and oxygen atoms in total. The first-order valence-electron chi connectivity index (χ1n) is 9.46. The van der Waals surface area contributed by atoms with Gasteiger partial charge in [-0.3, -0.25) is 0 Å². The average molecular weight is 366 g/mol. The lowest BCUT2D eigenvalue weighted by Crippen LogP contribution is -2.63. The molecule has 6 rings (SSSR count). The van der Waals surface area contributed by atoms with Crippen molar-refractivity contribution in [3.63, 3.8) is 0 Å². The number of hydrogen-bond donors (Lipinski definition) is 0. The first kappa shape index (κ1) is 15.6. The van der Waals surface area contributed by atoms with E-state index in [0.717, 1.165) is 0 Å². The van der Waals surface area contributed by atoms with Crippen LogP contribution in [0.1, 0.15) is 38.5 Å². The maximum Gasteiger partial charge on any atom is 0.418 e. The first-order valence-corrected chi connectivity index (χ1v) is 9.46. The average Bonchev–Trinajstić information content (AvgIpc) is 3.28. The van der Waals surface area contributed by atoms with Crippen LogP contribution in [-0.2, 0) is 4.74 Å². The zero-order chi connectivity index (χ0) is 17.6. The Morgan fingerprint density at radius 1 is 0.560 bits per heavy atom. The van der Waals surface area contributed by atoms with Crippen molar-refractivity contribution in [2.24, 2.45) is 47.3 Å². The van der Waals surface area contributed by atoms with E-state index in [4.69, 9.17) is 4.74 Å². The summed E-state index contributed by atoms with van der Waals surface area (Å²) in [5, 5.41) is 0. The van der Waals surface area contributed by atoms with Gasteiger partial charge in [0.2, 0.25) is 0 Å². The Bertz CT molecular complexity index is 552. The molecule has 4 aliphatic carbocycles. The van der Waals surface area contributed by atoms with Crippen molar-refractivity contribution < 1.29 is 31.1 Å². The highest BCUT2D eigenvalue weighted by molar-refractivity contribution is 5.33. The third kappa shape index (κ3) is 1.36. The Kier molecular flexibility index (Phi) is 2.51. The van der Waals surface area contributed by atoms with Gasteiger partial charge in [0.05, 0.1) is 0 Å². The molecule has 0 aromatic carbocycles. The highest BCUT2D eigenvalue weighted by atomic mass is 19.4. The van der Waals surface area contributed by atoms with E-state index in [0.29, 0.717) is 38.5 Å². The molecule has 2 heterocycles. The van der Waals surface area contributed by atoms with E-state index in [9.17, 15) is 26.3 Å². The summed E-state index contributed by atoms with van der Waals surface area (Å²) in [5.41, 5.74) is -5.09. The van der Waals surface area contributed by atoms with Gasteiger partial charge < -0.3 is 4.74 Å². The molecule has 2 aliphatic heterocycles. The van der Waals surface area contributed by atoms with Crippen LogP contribution >= 0.6 is 0 Å². The fourth-order valence-corrected chi connectivity index (χ4v) is 8.92. The topological polar surface area (TPSA) is 9.23 Å². The van der Waals surface area contributed by atoms with Crippen molar-refractivity contribution in [2.75, 3.05) is 0 Å². The third-order valence-corrected chi connectivity index (χ3v) is 9.04. The van der Waals surface area contributed by atoms with Gasteiger partial charge in [0.25, 0.3) is 0 Å². The standard InChI is InChI=1S/C18H20F6O/c19-17(20,21)15-11-7-1-2-8(5-7)12(11)16(25-15,18(22,23)24)14-10-4-3-9(6-10)13(14)15/h7-14H,1-6H2/t7-,8-,9+,10+,11?,12?,13?,14?,15?,16?. The minimum Gasteiger partial charge on any atom is -0.348 e. The predicted molar refractivity (Wildman–Crippen MR) is 74.3 cm³/mol. The van der Waals surface area contributed by atoms with E-state index in [-0.39, 0.29) is 23.7 Å². The molecule has 10 atom stereocenters. The summed E-state index contributed by atoms with van der Waals surface area (Å²) in [6, 6.07) is 0. The summed E-state index contributed by atoms with van der Waals surface area (Å²) < 4.78 is 92.0. The normalized spacial score (nSPS) is 61.2. The molecule has 6 bridgehead atoms. The lowest BCUT2D eigenvalue weighted by Gasteiger charge is -2.51. The second kappa shape index (κ2) is 4.02. The first-order chi connectivity index (χ1) is 11.6. The summed E-state index contributed by atoms with van der Waals surface area (Å²) in [5.74, 6) is -4.91. The van der Waals surface area contributed by atoms with Crippen molar-refractivity contribution >= 4 is 0 Å². The fraction of sp³-hybridized carbons (Fsp3) is 1.00. The minimum atomic E-state index is -4.72. The zero-order valence-corrected chi connectivity index (χ0v) is 13.5. The Hall–Kier alpha value is -0.460. The van der Waals surface area contributed by atoms with Gasteiger partial charge >= 0.3 is 12.4 Å². The molecule has 0 spiro atoms. The molecule has 6 aliphatic rings. The molecule has 0 radical (unpaired) electrons. The van der Waals surface area contributed by atoms with Crippen molar-refractivity contribution in [1.82, 2.24) is 0 Å². The van der Waals surface area contributed by atoms with Gasteiger partial charge in [-0.25, -0.2) is 0 Å². The molecule has 25 heavy (non-hydrogen) atoms. The SMILES string of the molecule is FC(F)(F)C12OC(C(F)(F)F)(C3C1[C@@H]1CC[C@@H]3C1)C1C2[C@H]2CC[C@H]1C2. The van der Waals surface area contributed by atoms with Crippen molar-refractivity contribution in [3.05, 3.63) is 0 Å². The molecule has 0 N–H and O–H groups in total. The van der Waals surface area contributed by atoms with Crippen LogP contribution in [0.25, 0.3) is 0 Å². The maximum atomic E-state index is 14.4. The van der Waals surface area contributed by atoms with Crippen LogP contribution in [0.3, 0.4) is 0 Å². The summed E-state index contributed by atoms with van der Waals surface area (Å²) in [4.78, 5) is 0. The summed E-state index contributed by atoms with van der Waals surface area (Å²) >= 11 is 0. The van der Waals surface area contributed by atoms with Gasteiger partial charge in [0, 0.05) is 23.7 Å². The second-order valence-corrected chi connectivity index (χ2v) is 9.45. The molecule has 7 heteroatoms. The van der Waals surface area contributed by atoms with Gasteiger partial charge in [0.1, 0.15) is 0 Å². The number of rotatable bonds is 0. The lowest BCUT2D eigenvalue weighted by molar-refractivity contribution is -0.329. The number of fused-ring (bicyclic) bond motifs is 16. The largest absolute Gasteiger partial charge is 0.418 e. The summed E-state index contributed by atoms with van der Waals surface area (Å²) in [6.45, 7) is 0. The number of alkyl halides is 6. The van der Waals surface area contributed by atoms with E-state index < -0.39 is 47.2 Å². The van der Waals surface area contributed by atoms with Gasteiger partial charge in [-0.2, -0.15) is 26.3 Å². The molecule has 0 amide bonds. The van der Waals surface area contributed by atoms with Crippen molar-refractivity contribution in [1.29, 1.82) is 0 Å². The fourth-order valence-electron chi connectivity index (χ4n) is 8.92. The lowest BCUT2D eigenvalue weighted by atomic mass is 9.50. The monoisotopic (exact) mass is 366 g/mol. The van der Waals surface area contributed by atoms with Crippen LogP contribution in [0.2, 0.25) is 0 Å².